The van der Waals surface area contributed by atoms with Crippen molar-refractivity contribution in [3.05, 3.63) is 112 Å². The molecule has 0 atom stereocenters. The van der Waals surface area contributed by atoms with Crippen LogP contribution in [0.3, 0.4) is 0 Å². The van der Waals surface area contributed by atoms with Crippen molar-refractivity contribution in [2.75, 3.05) is 0 Å². The molecule has 0 aliphatic rings. The average Bonchev–Trinajstić information content (AvgIpc) is 3.33. The van der Waals surface area contributed by atoms with Crippen molar-refractivity contribution in [3.63, 3.8) is 0 Å². The van der Waals surface area contributed by atoms with Crippen LogP contribution >= 0.6 is 23.2 Å². The van der Waals surface area contributed by atoms with Gasteiger partial charge < -0.3 is 14.3 Å². The fourth-order valence-corrected chi connectivity index (χ4v) is 7.30. The highest BCUT2D eigenvalue weighted by atomic mass is 35.5. The average molecular weight is 551 g/mol. The maximum atomic E-state index is 11.5. The Bertz CT molecular complexity index is 1330. The van der Waals surface area contributed by atoms with Crippen molar-refractivity contribution in [2.45, 2.75) is 46.3 Å². The van der Waals surface area contributed by atoms with Gasteiger partial charge in [0.15, 0.2) is 0 Å². The van der Waals surface area contributed by atoms with Gasteiger partial charge in [0, 0.05) is 18.8 Å². The molecule has 0 aliphatic carbocycles. The molecule has 0 unspecified atom stereocenters. The molecule has 3 aromatic carbocycles. The summed E-state index contributed by atoms with van der Waals surface area (Å²) < 4.78 is 8.69. The number of aromatic nitrogens is 1. The lowest BCUT2D eigenvalue weighted by molar-refractivity contribution is -0.119. The topological polar surface area (TPSA) is 43.3 Å². The minimum Gasteiger partial charge on any atom is -0.403 e. The molecule has 0 fully saturated rings. The van der Waals surface area contributed by atoms with Crippen LogP contribution in [0.15, 0.2) is 85.1 Å². The Morgan fingerprint density at radius 1 is 0.919 bits per heavy atom. The van der Waals surface area contributed by atoms with Crippen LogP contribution in [0.5, 0.6) is 0 Å². The van der Waals surface area contributed by atoms with E-state index in [1.807, 2.05) is 65.4 Å². The molecular weight excluding hydrogens is 519 g/mol. The maximum absolute atomic E-state index is 11.5. The third-order valence-electron chi connectivity index (χ3n) is 6.06. The fourth-order valence-electron chi connectivity index (χ4n) is 4.29. The van der Waals surface area contributed by atoms with E-state index in [1.165, 1.54) is 17.3 Å². The van der Waals surface area contributed by atoms with E-state index in [0.717, 1.165) is 22.5 Å². The lowest BCUT2D eigenvalue weighted by Gasteiger charge is -2.27. The Balaban J connectivity index is 1.77. The molecule has 1 aromatic heterocycles. The zero-order chi connectivity index (χ0) is 26.6. The molecule has 0 aliphatic heterocycles. The highest BCUT2D eigenvalue weighted by molar-refractivity contribution is 6.80. The largest absolute Gasteiger partial charge is 0.403 e. The van der Waals surface area contributed by atoms with Gasteiger partial charge in [-0.3, -0.25) is 4.79 Å². The van der Waals surface area contributed by atoms with E-state index in [0.29, 0.717) is 23.2 Å². The second-order valence-corrected chi connectivity index (χ2v) is 12.8. The summed E-state index contributed by atoms with van der Waals surface area (Å²) in [6.45, 7) is 8.55. The van der Waals surface area contributed by atoms with E-state index in [2.05, 4.69) is 50.4 Å². The summed E-state index contributed by atoms with van der Waals surface area (Å²) in [6, 6.07) is 26.6. The molecule has 1 heterocycles. The highest BCUT2D eigenvalue weighted by Crippen LogP contribution is 2.41. The van der Waals surface area contributed by atoms with Crippen LogP contribution in [-0.2, 0) is 27.8 Å². The summed E-state index contributed by atoms with van der Waals surface area (Å²) in [5.41, 5.74) is 3.19. The second kappa shape index (κ2) is 11.7. The number of nitrogens with one attached hydrogen (secondary N) is 1. The van der Waals surface area contributed by atoms with Crippen molar-refractivity contribution in [3.8, 4) is 5.69 Å². The molecule has 1 amide bonds. The minimum atomic E-state index is -1.51. The van der Waals surface area contributed by atoms with Gasteiger partial charge in [0.25, 0.3) is 9.04 Å². The van der Waals surface area contributed by atoms with Crippen molar-refractivity contribution >= 4 is 48.5 Å². The summed E-state index contributed by atoms with van der Waals surface area (Å²) in [6.07, 6.45) is 1.95. The summed E-state index contributed by atoms with van der Waals surface area (Å²) in [5, 5.41) is 6.43. The second-order valence-electron chi connectivity index (χ2n) is 9.94. The molecule has 4 nitrogen and oxygen atoms in total. The lowest BCUT2D eigenvalue weighted by Crippen LogP contribution is -2.44. The molecule has 191 valence electrons. The smallest absolute Gasteiger partial charge is 0.283 e. The summed E-state index contributed by atoms with van der Waals surface area (Å²) in [5.74, 6) is -0.0871. The van der Waals surface area contributed by atoms with Crippen LogP contribution < -0.4 is 15.7 Å². The van der Waals surface area contributed by atoms with Crippen molar-refractivity contribution in [2.24, 2.45) is 0 Å². The first kappa shape index (κ1) is 27.2. The molecule has 4 aromatic rings. The Morgan fingerprint density at radius 3 is 2.05 bits per heavy atom. The number of hydrogen-bond donors (Lipinski definition) is 1. The standard InChI is InChI=1S/C30H31Cl2N2O2Si/c1-21(35)33-19-23-12-11-17-34(23)26-18-22(28(31)27(29(26)32)30(2,3)4)20-36-37(24-13-7-5-8-14-24)25-15-9-6-10-16-25/h5-18H,19-20H2,1-4H3,(H,33,35). The van der Waals surface area contributed by atoms with Gasteiger partial charge in [-0.25, -0.2) is 0 Å². The SMILES string of the molecule is CC(=O)NCc1cccn1-c1cc(CO[Si](c2ccccc2)c2ccccc2)c(Cl)c(C(C)(C)C)c1Cl. The van der Waals surface area contributed by atoms with Gasteiger partial charge in [0.2, 0.25) is 5.91 Å². The highest BCUT2D eigenvalue weighted by Gasteiger charge is 2.27. The van der Waals surface area contributed by atoms with Crippen molar-refractivity contribution in [1.29, 1.82) is 0 Å². The molecule has 0 bridgehead atoms. The molecular formula is C30H31Cl2N2O2Si. The molecule has 37 heavy (non-hydrogen) atoms. The van der Waals surface area contributed by atoms with Gasteiger partial charge in [-0.15, -0.1) is 0 Å². The van der Waals surface area contributed by atoms with E-state index < -0.39 is 9.04 Å². The normalized spacial score (nSPS) is 11.6. The van der Waals surface area contributed by atoms with Crippen LogP contribution in [-0.4, -0.2) is 19.5 Å². The number of carbonyl (C=O) groups excluding carboxylic acids is 1. The summed E-state index contributed by atoms with van der Waals surface area (Å²) in [4.78, 5) is 11.5. The molecule has 0 spiro atoms. The Morgan fingerprint density at radius 2 is 1.51 bits per heavy atom. The number of hydrogen-bond acceptors (Lipinski definition) is 2. The number of nitrogens with zero attached hydrogens (tertiary/aromatic N) is 1. The molecule has 7 heteroatoms. The molecule has 4 rings (SSSR count). The van der Waals surface area contributed by atoms with E-state index in [9.17, 15) is 4.79 Å². The molecule has 1 radical (unpaired) electrons. The first-order chi connectivity index (χ1) is 17.7. The van der Waals surface area contributed by atoms with E-state index in [1.54, 1.807) is 0 Å². The van der Waals surface area contributed by atoms with Crippen molar-refractivity contribution in [1.82, 2.24) is 9.88 Å². The number of carbonyl (C=O) groups is 1. The van der Waals surface area contributed by atoms with Gasteiger partial charge in [0.1, 0.15) is 0 Å². The van der Waals surface area contributed by atoms with Crippen LogP contribution in [0.25, 0.3) is 5.69 Å². The number of halogens is 2. The maximum Gasteiger partial charge on any atom is 0.283 e. The first-order valence-corrected chi connectivity index (χ1v) is 14.4. The number of rotatable bonds is 8. The number of amides is 1. The van der Waals surface area contributed by atoms with Gasteiger partial charge >= 0.3 is 0 Å². The summed E-state index contributed by atoms with van der Waals surface area (Å²) in [7, 11) is -1.51. The van der Waals surface area contributed by atoms with Crippen LogP contribution in [0.4, 0.5) is 0 Å². The Kier molecular flexibility index (Phi) is 8.60. The van der Waals surface area contributed by atoms with E-state index in [-0.39, 0.29) is 11.3 Å². The third kappa shape index (κ3) is 6.36. The van der Waals surface area contributed by atoms with Crippen LogP contribution in [0.1, 0.15) is 44.5 Å². The first-order valence-electron chi connectivity index (χ1n) is 12.2. The van der Waals surface area contributed by atoms with Crippen molar-refractivity contribution < 1.29 is 9.22 Å². The van der Waals surface area contributed by atoms with E-state index in [4.69, 9.17) is 27.6 Å². The predicted molar refractivity (Wildman–Crippen MR) is 155 cm³/mol. The monoisotopic (exact) mass is 549 g/mol. The predicted octanol–water partition coefficient (Wildman–Crippen LogP) is 6.04. The molecule has 0 saturated heterocycles. The Labute approximate surface area is 230 Å². The van der Waals surface area contributed by atoms with Gasteiger partial charge in [-0.1, -0.05) is 105 Å². The minimum absolute atomic E-state index is 0.0871. The van der Waals surface area contributed by atoms with Gasteiger partial charge in [0.05, 0.1) is 28.9 Å². The Hall–Kier alpha value is -2.83. The summed E-state index contributed by atoms with van der Waals surface area (Å²) >= 11 is 14.1. The molecule has 0 saturated carbocycles. The zero-order valence-electron chi connectivity index (χ0n) is 21.5. The quantitative estimate of drug-likeness (QED) is 0.272. The van der Waals surface area contributed by atoms with Crippen LogP contribution in [0.2, 0.25) is 10.0 Å². The van der Waals surface area contributed by atoms with Gasteiger partial charge in [-0.2, -0.15) is 0 Å². The van der Waals surface area contributed by atoms with Gasteiger partial charge in [-0.05, 0) is 45.1 Å². The van der Waals surface area contributed by atoms with E-state index >= 15 is 0 Å². The van der Waals surface area contributed by atoms with Crippen LogP contribution in [0, 0.1) is 0 Å². The zero-order valence-corrected chi connectivity index (χ0v) is 24.0. The number of benzene rings is 3. The molecule has 1 N–H and O–H groups in total. The third-order valence-corrected chi connectivity index (χ3v) is 9.02. The fraction of sp³-hybridized carbons (Fsp3) is 0.233. The lowest BCUT2D eigenvalue weighted by atomic mass is 9.85.